The van der Waals surface area contributed by atoms with Crippen molar-refractivity contribution in [2.24, 2.45) is 0 Å². The number of carbonyl (C=O) groups excluding carboxylic acids is 1. The molecule has 0 fully saturated rings. The van der Waals surface area contributed by atoms with Gasteiger partial charge >= 0.3 is 11.2 Å². The first-order chi connectivity index (χ1) is 13.7. The summed E-state index contributed by atoms with van der Waals surface area (Å²) in [6.45, 7) is 5.43. The Balaban J connectivity index is 1.82. The summed E-state index contributed by atoms with van der Waals surface area (Å²) in [7, 11) is 0. The van der Waals surface area contributed by atoms with Crippen LogP contribution in [0.2, 0.25) is 0 Å². The predicted octanol–water partition coefficient (Wildman–Crippen LogP) is 4.35. The molecule has 0 aliphatic heterocycles. The Hall–Kier alpha value is -2.46. The first-order valence-electron chi connectivity index (χ1n) is 9.01. The van der Waals surface area contributed by atoms with Crippen LogP contribution in [0.25, 0.3) is 11.6 Å². The van der Waals surface area contributed by atoms with Crippen LogP contribution in [0, 0.1) is 0 Å². The van der Waals surface area contributed by atoms with Gasteiger partial charge in [-0.25, -0.2) is 0 Å². The highest BCUT2D eigenvalue weighted by atomic mass is 32.2. The molecule has 0 saturated carbocycles. The molecule has 7 nitrogen and oxygen atoms in total. The number of nitrogens with zero attached hydrogens (tertiary/aromatic N) is 3. The molecule has 2 heterocycles. The van der Waals surface area contributed by atoms with Gasteiger partial charge in [-0.05, 0) is 63.6 Å². The van der Waals surface area contributed by atoms with Crippen LogP contribution >= 0.6 is 11.8 Å². The lowest BCUT2D eigenvalue weighted by molar-refractivity contribution is -0.134. The molecule has 0 unspecified atom stereocenters. The molecular formula is C19H22F2N4O3S. The molecule has 0 aromatic carbocycles. The number of amides is 1. The minimum absolute atomic E-state index is 0.0149. The third-order valence-corrected chi connectivity index (χ3v) is 4.78. The van der Waals surface area contributed by atoms with Gasteiger partial charge in [0.1, 0.15) is 6.73 Å². The highest BCUT2D eigenvalue weighted by molar-refractivity contribution is 8.00. The highest BCUT2D eigenvalue weighted by Gasteiger charge is 2.43. The van der Waals surface area contributed by atoms with Gasteiger partial charge in [-0.1, -0.05) is 12.2 Å². The number of hydrogen-bond acceptors (Lipinski definition) is 6. The summed E-state index contributed by atoms with van der Waals surface area (Å²) < 4.78 is 41.6. The number of halogens is 2. The molecule has 1 N–H and O–H groups in total. The van der Waals surface area contributed by atoms with Crippen LogP contribution in [0.5, 0.6) is 0 Å². The lowest BCUT2D eigenvalue weighted by Crippen LogP contribution is -2.37. The van der Waals surface area contributed by atoms with E-state index in [-0.39, 0.29) is 29.5 Å². The fraction of sp³-hybridized carbons (Fsp3) is 0.421. The number of carbonyl (C=O) groups is 1. The Labute approximate surface area is 171 Å². The number of thioether (sulfide) groups is 1. The topological polar surface area (TPSA) is 82.2 Å². The number of alkyl halides is 2. The molecule has 0 atom stereocenters. The summed E-state index contributed by atoms with van der Waals surface area (Å²) in [5.41, 5.74) is -0.0698. The van der Waals surface area contributed by atoms with Gasteiger partial charge < -0.3 is 14.5 Å². The number of hydrogen-bond donors (Lipinski definition) is 1. The molecule has 2 aromatic heterocycles. The van der Waals surface area contributed by atoms with Gasteiger partial charge in [0.15, 0.2) is 10.9 Å². The maximum atomic E-state index is 14.6. The second-order valence-electron chi connectivity index (χ2n) is 7.33. The Morgan fingerprint density at radius 2 is 2.17 bits per heavy atom. The Kier molecular flexibility index (Phi) is 6.23. The van der Waals surface area contributed by atoms with Crippen LogP contribution in [0.4, 0.5) is 8.78 Å². The minimum atomic E-state index is -3.76. The van der Waals surface area contributed by atoms with Crippen LogP contribution in [-0.2, 0) is 16.3 Å². The van der Waals surface area contributed by atoms with Gasteiger partial charge in [0.25, 0.3) is 0 Å². The summed E-state index contributed by atoms with van der Waals surface area (Å²) in [6.07, 6.45) is 7.87. The number of rotatable bonds is 7. The average Bonchev–Trinajstić information content (AvgIpc) is 3.29. The Morgan fingerprint density at radius 3 is 2.79 bits per heavy atom. The van der Waals surface area contributed by atoms with Crippen molar-refractivity contribution in [2.45, 2.75) is 56.4 Å². The zero-order chi connectivity index (χ0) is 21.1. The smallest absolute Gasteiger partial charge is 0.378 e. The first-order valence-corrected chi connectivity index (χ1v) is 9.82. The van der Waals surface area contributed by atoms with Gasteiger partial charge in [0.2, 0.25) is 5.82 Å². The standard InChI is InChI=1S/C19H22F2N4O3S/c1-18(2,3)28-12-25-15(14-10-7-11-27-14)23-24-17(25)29-19(20,21)16(26)22-13-8-5-4-6-9-13/h4-5,7-8,10-11H,6,9,12H2,1-3H3,(H,22,26). The molecule has 10 heteroatoms. The molecule has 3 rings (SSSR count). The lowest BCUT2D eigenvalue weighted by atomic mass is 10.1. The van der Waals surface area contributed by atoms with Gasteiger partial charge in [-0.15, -0.1) is 10.2 Å². The van der Waals surface area contributed by atoms with E-state index < -0.39 is 16.8 Å². The molecule has 1 amide bonds. The van der Waals surface area contributed by atoms with Crippen LogP contribution in [0.3, 0.4) is 0 Å². The fourth-order valence-electron chi connectivity index (χ4n) is 2.41. The van der Waals surface area contributed by atoms with E-state index in [2.05, 4.69) is 15.5 Å². The molecule has 156 valence electrons. The number of nitrogens with one attached hydrogen (secondary N) is 1. The zero-order valence-corrected chi connectivity index (χ0v) is 17.1. The third kappa shape index (κ3) is 5.54. The molecule has 0 bridgehead atoms. The normalized spacial score (nSPS) is 14.7. The minimum Gasteiger partial charge on any atom is -0.461 e. The largest absolute Gasteiger partial charge is 0.461 e. The van der Waals surface area contributed by atoms with E-state index in [0.29, 0.717) is 24.3 Å². The van der Waals surface area contributed by atoms with E-state index in [1.54, 1.807) is 24.3 Å². The van der Waals surface area contributed by atoms with Crippen molar-refractivity contribution < 1.29 is 22.7 Å². The van der Waals surface area contributed by atoms with Gasteiger partial charge in [-0.2, -0.15) is 8.78 Å². The third-order valence-electron chi connectivity index (χ3n) is 3.86. The van der Waals surface area contributed by atoms with Crippen LogP contribution in [-0.4, -0.2) is 31.5 Å². The highest BCUT2D eigenvalue weighted by Crippen LogP contribution is 2.37. The summed E-state index contributed by atoms with van der Waals surface area (Å²) in [6, 6.07) is 3.29. The molecule has 0 radical (unpaired) electrons. The van der Waals surface area contributed by atoms with Crippen molar-refractivity contribution in [1.29, 1.82) is 0 Å². The maximum absolute atomic E-state index is 14.6. The van der Waals surface area contributed by atoms with Crippen molar-refractivity contribution in [2.75, 3.05) is 0 Å². The molecule has 2 aromatic rings. The van der Waals surface area contributed by atoms with Crippen molar-refractivity contribution in [3.8, 4) is 11.6 Å². The van der Waals surface area contributed by atoms with E-state index in [9.17, 15) is 13.6 Å². The first kappa shape index (κ1) is 21.3. The molecule has 1 aliphatic rings. The molecule has 0 saturated heterocycles. The van der Waals surface area contributed by atoms with Crippen LogP contribution < -0.4 is 5.32 Å². The number of ether oxygens (including phenoxy) is 1. The summed E-state index contributed by atoms with van der Waals surface area (Å²) in [5, 5.41) is 6.16. The molecule has 1 aliphatic carbocycles. The second kappa shape index (κ2) is 8.50. The van der Waals surface area contributed by atoms with E-state index in [4.69, 9.17) is 9.15 Å². The van der Waals surface area contributed by atoms with E-state index in [1.165, 1.54) is 10.8 Å². The monoisotopic (exact) mass is 424 g/mol. The average molecular weight is 424 g/mol. The molecule has 29 heavy (non-hydrogen) atoms. The Bertz CT molecular complexity index is 915. The van der Waals surface area contributed by atoms with E-state index in [1.807, 2.05) is 26.8 Å². The fourth-order valence-corrected chi connectivity index (χ4v) is 3.12. The van der Waals surface area contributed by atoms with E-state index in [0.717, 1.165) is 0 Å². The van der Waals surface area contributed by atoms with Crippen molar-refractivity contribution in [1.82, 2.24) is 20.1 Å². The van der Waals surface area contributed by atoms with E-state index >= 15 is 0 Å². The number of furan rings is 1. The predicted molar refractivity (Wildman–Crippen MR) is 104 cm³/mol. The van der Waals surface area contributed by atoms with Crippen molar-refractivity contribution in [3.05, 3.63) is 42.3 Å². The second-order valence-corrected chi connectivity index (χ2v) is 8.41. The number of aromatic nitrogens is 3. The summed E-state index contributed by atoms with van der Waals surface area (Å²) in [4.78, 5) is 12.1. The lowest BCUT2D eigenvalue weighted by Gasteiger charge is -2.22. The maximum Gasteiger partial charge on any atom is 0.378 e. The number of allylic oxidation sites excluding steroid dienone is 4. The quantitative estimate of drug-likeness (QED) is 0.666. The Morgan fingerprint density at radius 1 is 1.38 bits per heavy atom. The summed E-state index contributed by atoms with van der Waals surface area (Å²) >= 11 is 0.0149. The zero-order valence-electron chi connectivity index (χ0n) is 16.3. The van der Waals surface area contributed by atoms with Crippen LogP contribution in [0.15, 0.2) is 51.9 Å². The van der Waals surface area contributed by atoms with Gasteiger partial charge in [-0.3, -0.25) is 9.36 Å². The summed E-state index contributed by atoms with van der Waals surface area (Å²) in [5.74, 6) is -0.818. The van der Waals surface area contributed by atoms with Crippen molar-refractivity contribution >= 4 is 17.7 Å². The van der Waals surface area contributed by atoms with Gasteiger partial charge in [0, 0.05) is 5.70 Å². The molecule has 0 spiro atoms. The SMILES string of the molecule is CC(C)(C)OCn1c(SC(F)(F)C(=O)NC2=CC=CCC2)nnc1-c1ccco1. The molecular weight excluding hydrogens is 402 g/mol. The van der Waals surface area contributed by atoms with Crippen LogP contribution in [0.1, 0.15) is 33.6 Å². The van der Waals surface area contributed by atoms with Gasteiger partial charge in [0.05, 0.1) is 11.9 Å². The van der Waals surface area contributed by atoms with Crippen molar-refractivity contribution in [3.63, 3.8) is 0 Å².